The van der Waals surface area contributed by atoms with E-state index in [4.69, 9.17) is 4.74 Å². The van der Waals surface area contributed by atoms with Gasteiger partial charge in [0.15, 0.2) is 0 Å². The Morgan fingerprint density at radius 1 is 1.27 bits per heavy atom. The van der Waals surface area contributed by atoms with Crippen molar-refractivity contribution in [3.63, 3.8) is 0 Å². The van der Waals surface area contributed by atoms with Crippen LogP contribution in [-0.4, -0.2) is 70.6 Å². The third kappa shape index (κ3) is 3.76. The summed E-state index contributed by atoms with van der Waals surface area (Å²) in [7, 11) is 0. The lowest BCUT2D eigenvalue weighted by Crippen LogP contribution is -2.57. The Morgan fingerprint density at radius 2 is 2.08 bits per heavy atom. The molecule has 2 aliphatic heterocycles. The number of rotatable bonds is 4. The normalized spacial score (nSPS) is 22.8. The number of para-hydroxylation sites is 2. The number of H-pyrrole nitrogens is 1. The van der Waals surface area contributed by atoms with E-state index >= 15 is 0 Å². The van der Waals surface area contributed by atoms with Crippen LogP contribution < -0.4 is 0 Å². The Kier molecular flexibility index (Phi) is 5.22. The molecule has 26 heavy (non-hydrogen) atoms. The van der Waals surface area contributed by atoms with Gasteiger partial charge in [0.05, 0.1) is 11.0 Å². The Morgan fingerprint density at radius 3 is 2.85 bits per heavy atom. The van der Waals surface area contributed by atoms with Gasteiger partial charge in [0.2, 0.25) is 5.91 Å². The highest BCUT2D eigenvalue weighted by molar-refractivity contribution is 5.77. The number of fused-ring (bicyclic) bond motifs is 1. The summed E-state index contributed by atoms with van der Waals surface area (Å²) in [6.45, 7) is 6.69. The summed E-state index contributed by atoms with van der Waals surface area (Å²) < 4.78 is 5.47. The summed E-state index contributed by atoms with van der Waals surface area (Å²) in [6, 6.07) is 8.89. The van der Waals surface area contributed by atoms with Crippen LogP contribution in [0.25, 0.3) is 11.0 Å². The van der Waals surface area contributed by atoms with Gasteiger partial charge in [-0.2, -0.15) is 0 Å². The quantitative estimate of drug-likeness (QED) is 0.912. The van der Waals surface area contributed by atoms with Gasteiger partial charge in [-0.25, -0.2) is 4.98 Å². The molecule has 1 aromatic heterocycles. The Balaban J connectivity index is 1.30. The van der Waals surface area contributed by atoms with Crippen molar-refractivity contribution in [1.29, 1.82) is 0 Å². The molecule has 6 nitrogen and oxygen atoms in total. The Labute approximate surface area is 154 Å². The molecule has 140 valence electrons. The summed E-state index contributed by atoms with van der Waals surface area (Å²) in [4.78, 5) is 25.2. The summed E-state index contributed by atoms with van der Waals surface area (Å²) in [6.07, 6.45) is 3.42. The molecule has 0 unspecified atom stereocenters. The highest BCUT2D eigenvalue weighted by atomic mass is 16.5. The lowest BCUT2D eigenvalue weighted by Gasteiger charge is -2.44. The number of hydrogen-bond acceptors (Lipinski definition) is 4. The highest BCUT2D eigenvalue weighted by Crippen LogP contribution is 2.20. The second kappa shape index (κ2) is 7.76. The molecule has 2 fully saturated rings. The zero-order chi connectivity index (χ0) is 17.9. The van der Waals surface area contributed by atoms with Gasteiger partial charge in [-0.05, 0) is 31.9 Å². The maximum Gasteiger partial charge on any atom is 0.223 e. The molecule has 4 rings (SSSR count). The maximum absolute atomic E-state index is 12.7. The molecule has 1 amide bonds. The van der Waals surface area contributed by atoms with Gasteiger partial charge in [0.1, 0.15) is 5.82 Å². The molecule has 2 aromatic rings. The first-order chi connectivity index (χ1) is 12.7. The summed E-state index contributed by atoms with van der Waals surface area (Å²) in [5.74, 6) is 1.14. The number of carbonyl (C=O) groups excluding carboxylic acids is 1. The first-order valence-corrected chi connectivity index (χ1v) is 9.75. The van der Waals surface area contributed by atoms with Crippen molar-refractivity contribution in [3.8, 4) is 0 Å². The third-order valence-electron chi connectivity index (χ3n) is 5.70. The molecule has 2 saturated heterocycles. The number of imidazole rings is 1. The van der Waals surface area contributed by atoms with Crippen molar-refractivity contribution in [2.24, 2.45) is 0 Å². The number of carbonyl (C=O) groups is 1. The molecule has 0 bridgehead atoms. The van der Waals surface area contributed by atoms with Gasteiger partial charge in [-0.3, -0.25) is 9.69 Å². The maximum atomic E-state index is 12.7. The summed E-state index contributed by atoms with van der Waals surface area (Å²) in [5.41, 5.74) is 2.00. The van der Waals surface area contributed by atoms with Crippen LogP contribution in [0.5, 0.6) is 0 Å². The van der Waals surface area contributed by atoms with Crippen LogP contribution in [0.4, 0.5) is 0 Å². The molecule has 1 atom stereocenters. The minimum Gasteiger partial charge on any atom is -0.381 e. The zero-order valence-electron chi connectivity index (χ0n) is 15.5. The molecular formula is C20H28N4O2. The molecule has 0 radical (unpaired) electrons. The zero-order valence-corrected chi connectivity index (χ0v) is 15.5. The number of nitrogens with one attached hydrogen (secondary N) is 1. The van der Waals surface area contributed by atoms with Gasteiger partial charge in [0.25, 0.3) is 0 Å². The average molecular weight is 356 g/mol. The average Bonchev–Trinajstić information content (AvgIpc) is 3.10. The molecule has 0 saturated carbocycles. The van der Waals surface area contributed by atoms with Crippen LogP contribution in [0.2, 0.25) is 0 Å². The lowest BCUT2D eigenvalue weighted by atomic mass is 10.0. The molecular weight excluding hydrogens is 328 g/mol. The van der Waals surface area contributed by atoms with E-state index < -0.39 is 0 Å². The molecule has 1 N–H and O–H groups in total. The molecule has 6 heteroatoms. The van der Waals surface area contributed by atoms with E-state index in [1.807, 2.05) is 24.3 Å². The monoisotopic (exact) mass is 356 g/mol. The standard InChI is InChI=1S/C20H28N4O2/c1-15-14-23(16-8-12-26-13-9-16)10-11-24(15)20(25)7-6-19-21-17-4-2-3-5-18(17)22-19/h2-5,15-16H,6-14H2,1H3,(H,21,22)/t15-/m1/s1. The lowest BCUT2D eigenvalue weighted by molar-refractivity contribution is -0.136. The van der Waals surface area contributed by atoms with Crippen molar-refractivity contribution in [2.45, 2.75) is 44.7 Å². The number of aromatic amines is 1. The molecule has 0 spiro atoms. The topological polar surface area (TPSA) is 61.5 Å². The van der Waals surface area contributed by atoms with Crippen LogP contribution in [-0.2, 0) is 16.0 Å². The van der Waals surface area contributed by atoms with Gasteiger partial charge in [-0.15, -0.1) is 0 Å². The van der Waals surface area contributed by atoms with Crippen molar-refractivity contribution in [3.05, 3.63) is 30.1 Å². The fourth-order valence-corrected chi connectivity index (χ4v) is 4.23. The fourth-order valence-electron chi connectivity index (χ4n) is 4.23. The van der Waals surface area contributed by atoms with E-state index in [0.29, 0.717) is 18.9 Å². The number of aryl methyl sites for hydroxylation is 1. The second-order valence-corrected chi connectivity index (χ2v) is 7.48. The first kappa shape index (κ1) is 17.5. The summed E-state index contributed by atoms with van der Waals surface area (Å²) >= 11 is 0. The van der Waals surface area contributed by atoms with Crippen LogP contribution in [0.1, 0.15) is 32.0 Å². The molecule has 2 aliphatic rings. The predicted octanol–water partition coefficient (Wildman–Crippen LogP) is 2.21. The number of hydrogen-bond donors (Lipinski definition) is 1. The molecule has 3 heterocycles. The van der Waals surface area contributed by atoms with E-state index in [2.05, 4.69) is 26.7 Å². The SMILES string of the molecule is C[C@@H]1CN(C2CCOCC2)CCN1C(=O)CCc1nc2ccccc2[nH]1. The van der Waals surface area contributed by atoms with Crippen LogP contribution >= 0.6 is 0 Å². The summed E-state index contributed by atoms with van der Waals surface area (Å²) in [5, 5.41) is 0. The first-order valence-electron chi connectivity index (χ1n) is 9.75. The van der Waals surface area contributed by atoms with Gasteiger partial charge < -0.3 is 14.6 Å². The van der Waals surface area contributed by atoms with Crippen molar-refractivity contribution in [1.82, 2.24) is 19.8 Å². The van der Waals surface area contributed by atoms with Gasteiger partial charge >= 0.3 is 0 Å². The molecule has 0 aliphatic carbocycles. The fraction of sp³-hybridized carbons (Fsp3) is 0.600. The highest BCUT2D eigenvalue weighted by Gasteiger charge is 2.31. The Bertz CT molecular complexity index is 720. The minimum absolute atomic E-state index is 0.240. The third-order valence-corrected chi connectivity index (χ3v) is 5.70. The smallest absolute Gasteiger partial charge is 0.223 e. The number of benzene rings is 1. The predicted molar refractivity (Wildman–Crippen MR) is 101 cm³/mol. The second-order valence-electron chi connectivity index (χ2n) is 7.48. The Hall–Kier alpha value is -1.92. The van der Waals surface area contributed by atoms with Crippen LogP contribution in [0, 0.1) is 0 Å². The van der Waals surface area contributed by atoms with E-state index in [1.54, 1.807) is 0 Å². The van der Waals surface area contributed by atoms with Crippen LogP contribution in [0.15, 0.2) is 24.3 Å². The van der Waals surface area contributed by atoms with Crippen molar-refractivity contribution < 1.29 is 9.53 Å². The van der Waals surface area contributed by atoms with Crippen molar-refractivity contribution >= 4 is 16.9 Å². The van der Waals surface area contributed by atoms with Crippen molar-refractivity contribution in [2.75, 3.05) is 32.8 Å². The molecule has 1 aromatic carbocycles. The van der Waals surface area contributed by atoms with Gasteiger partial charge in [-0.1, -0.05) is 12.1 Å². The minimum atomic E-state index is 0.240. The van der Waals surface area contributed by atoms with Gasteiger partial charge in [0, 0.05) is 57.8 Å². The van der Waals surface area contributed by atoms with Crippen LogP contribution in [0.3, 0.4) is 0 Å². The number of amides is 1. The largest absolute Gasteiger partial charge is 0.381 e. The van der Waals surface area contributed by atoms with E-state index in [0.717, 1.165) is 62.5 Å². The number of piperazine rings is 1. The van der Waals surface area contributed by atoms with E-state index in [1.165, 1.54) is 0 Å². The number of nitrogens with zero attached hydrogens (tertiary/aromatic N) is 3. The number of ether oxygens (including phenoxy) is 1. The van der Waals surface area contributed by atoms with E-state index in [-0.39, 0.29) is 11.9 Å². The van der Waals surface area contributed by atoms with E-state index in [9.17, 15) is 4.79 Å². The number of aromatic nitrogens is 2.